The van der Waals surface area contributed by atoms with Crippen molar-refractivity contribution in [3.8, 4) is 0 Å². The summed E-state index contributed by atoms with van der Waals surface area (Å²) in [6.07, 6.45) is 61.4. The molecule has 5 heteroatoms. The van der Waals surface area contributed by atoms with Gasteiger partial charge in [0.1, 0.15) is 6.61 Å². The molecule has 0 amide bonds. The van der Waals surface area contributed by atoms with Crippen LogP contribution in [0.4, 0.5) is 0 Å². The van der Waals surface area contributed by atoms with Crippen molar-refractivity contribution in [3.05, 3.63) is 97.2 Å². The molecule has 0 radical (unpaired) electrons. The molecule has 0 heterocycles. The highest BCUT2D eigenvalue weighted by molar-refractivity contribution is 5.70. The molecule has 56 heavy (non-hydrogen) atoms. The lowest BCUT2D eigenvalue weighted by Gasteiger charge is -2.18. The normalized spacial score (nSPS) is 13.1. The fourth-order valence-corrected chi connectivity index (χ4v) is 5.81. The predicted octanol–water partition coefficient (Wildman–Crippen LogP) is 15.1. The zero-order valence-electron chi connectivity index (χ0n) is 36.4. The molecule has 0 aromatic carbocycles. The second-order valence-corrected chi connectivity index (χ2v) is 14.5. The van der Waals surface area contributed by atoms with E-state index in [0.29, 0.717) is 25.9 Å². The van der Waals surface area contributed by atoms with Gasteiger partial charge in [0.2, 0.25) is 0 Å². The van der Waals surface area contributed by atoms with E-state index < -0.39 is 6.10 Å². The number of rotatable bonds is 40. The molecule has 5 nitrogen and oxygen atoms in total. The van der Waals surface area contributed by atoms with Crippen molar-refractivity contribution in [2.75, 3.05) is 19.8 Å². The first kappa shape index (κ1) is 52.8. The van der Waals surface area contributed by atoms with Crippen LogP contribution < -0.4 is 0 Å². The third-order valence-electron chi connectivity index (χ3n) is 9.13. The Kier molecular flexibility index (Phi) is 43.6. The number of esters is 2. The lowest BCUT2D eigenvalue weighted by molar-refractivity contribution is -0.162. The largest absolute Gasteiger partial charge is 0.462 e. The van der Waals surface area contributed by atoms with Crippen molar-refractivity contribution in [2.24, 2.45) is 0 Å². The van der Waals surface area contributed by atoms with E-state index in [2.05, 4.69) is 112 Å². The first-order valence-corrected chi connectivity index (χ1v) is 22.8. The van der Waals surface area contributed by atoms with Crippen molar-refractivity contribution in [2.45, 2.75) is 194 Å². The zero-order chi connectivity index (χ0) is 40.7. The Morgan fingerprint density at radius 2 is 0.839 bits per heavy atom. The Bertz CT molecular complexity index is 1110. The van der Waals surface area contributed by atoms with E-state index >= 15 is 0 Å². The molecule has 0 aliphatic heterocycles. The Hall–Kier alpha value is -3.18. The molecule has 0 saturated heterocycles. The third kappa shape index (κ3) is 43.5. The van der Waals surface area contributed by atoms with Gasteiger partial charge in [-0.25, -0.2) is 0 Å². The van der Waals surface area contributed by atoms with E-state index in [9.17, 15) is 9.59 Å². The van der Waals surface area contributed by atoms with Crippen molar-refractivity contribution in [3.63, 3.8) is 0 Å². The molecule has 0 saturated carbocycles. The van der Waals surface area contributed by atoms with Crippen LogP contribution in [-0.2, 0) is 23.8 Å². The molecule has 1 atom stereocenters. The third-order valence-corrected chi connectivity index (χ3v) is 9.13. The summed E-state index contributed by atoms with van der Waals surface area (Å²) in [4.78, 5) is 25.1. The summed E-state index contributed by atoms with van der Waals surface area (Å²) in [5, 5.41) is 0. The first-order valence-electron chi connectivity index (χ1n) is 22.8. The molecule has 0 aliphatic rings. The van der Waals surface area contributed by atoms with E-state index in [1.54, 1.807) is 0 Å². The molecule has 1 unspecified atom stereocenters. The molecular weight excluding hydrogens is 693 g/mol. The molecule has 0 rings (SSSR count). The lowest BCUT2D eigenvalue weighted by atomic mass is 10.1. The van der Waals surface area contributed by atoms with Crippen molar-refractivity contribution in [1.82, 2.24) is 0 Å². The highest BCUT2D eigenvalue weighted by Crippen LogP contribution is 2.12. The maximum absolute atomic E-state index is 12.7. The molecule has 0 aromatic rings. The van der Waals surface area contributed by atoms with Gasteiger partial charge in [-0.15, -0.1) is 0 Å². The number of ether oxygens (including phenoxy) is 3. The molecule has 0 spiro atoms. The minimum absolute atomic E-state index is 0.0356. The van der Waals surface area contributed by atoms with Crippen molar-refractivity contribution < 1.29 is 23.8 Å². The van der Waals surface area contributed by atoms with E-state index in [0.717, 1.165) is 89.9 Å². The molecule has 0 aromatic heterocycles. The van der Waals surface area contributed by atoms with Gasteiger partial charge in [-0.05, 0) is 83.5 Å². The van der Waals surface area contributed by atoms with Gasteiger partial charge in [-0.2, -0.15) is 0 Å². The van der Waals surface area contributed by atoms with Crippen LogP contribution in [0.15, 0.2) is 97.2 Å². The number of hydrogen-bond acceptors (Lipinski definition) is 5. The van der Waals surface area contributed by atoms with Crippen molar-refractivity contribution >= 4 is 11.9 Å². The maximum Gasteiger partial charge on any atom is 0.306 e. The molecule has 0 bridgehead atoms. The van der Waals surface area contributed by atoms with E-state index in [1.165, 1.54) is 57.8 Å². The highest BCUT2D eigenvalue weighted by Gasteiger charge is 2.17. The van der Waals surface area contributed by atoms with Gasteiger partial charge in [0.05, 0.1) is 6.61 Å². The number of allylic oxidation sites excluding steroid dienone is 16. The maximum atomic E-state index is 12.7. The Morgan fingerprint density at radius 3 is 1.36 bits per heavy atom. The van der Waals surface area contributed by atoms with Crippen LogP contribution >= 0.6 is 0 Å². The highest BCUT2D eigenvalue weighted by atomic mass is 16.6. The van der Waals surface area contributed by atoms with E-state index in [4.69, 9.17) is 14.2 Å². The van der Waals surface area contributed by atoms with Gasteiger partial charge in [-0.1, -0.05) is 189 Å². The Labute approximate surface area is 345 Å². The summed E-state index contributed by atoms with van der Waals surface area (Å²) < 4.78 is 17.2. The SMILES string of the molecule is CC/C=C\C/C=C\C/C=C\C/C=C\CCCCCCCOCC(COC(=O)CC/C=C\C/C=C\C/C=C\C/C=C\CC)OC(=O)CCCCCCCCCCC. The standard InChI is InChI=1S/C51H84O5/c1-4-7-10-13-16-19-21-23-24-25-26-27-29-31-34-37-40-43-46-54-47-49(56-51(53)45-42-39-36-32-18-15-12-9-6-3)48-55-50(52)44-41-38-35-33-30-28-22-20-17-14-11-8-5-2/h7-8,10-11,16-17,19-20,23-24,26-28,30,35,38,49H,4-6,9,12-15,18,21-22,25,29,31-34,36-37,39-48H2,1-3H3/b10-7-,11-8-,19-16-,20-17-,24-23-,27-26-,30-28-,38-35-. The number of hydrogen-bond donors (Lipinski definition) is 0. The average molecular weight is 777 g/mol. The Morgan fingerprint density at radius 1 is 0.411 bits per heavy atom. The summed E-state index contributed by atoms with van der Waals surface area (Å²) in [5.41, 5.74) is 0. The van der Waals surface area contributed by atoms with Crippen LogP contribution in [0.3, 0.4) is 0 Å². The molecule has 318 valence electrons. The predicted molar refractivity (Wildman–Crippen MR) is 242 cm³/mol. The second-order valence-electron chi connectivity index (χ2n) is 14.5. The van der Waals surface area contributed by atoms with Crippen LogP contribution in [0.25, 0.3) is 0 Å². The van der Waals surface area contributed by atoms with Crippen LogP contribution in [0.2, 0.25) is 0 Å². The van der Waals surface area contributed by atoms with Crippen molar-refractivity contribution in [1.29, 1.82) is 0 Å². The Balaban J connectivity index is 4.35. The van der Waals surface area contributed by atoms with E-state index in [-0.39, 0.29) is 25.2 Å². The number of unbranched alkanes of at least 4 members (excludes halogenated alkanes) is 13. The topological polar surface area (TPSA) is 61.8 Å². The first-order chi connectivity index (χ1) is 27.6. The number of carbonyl (C=O) groups is 2. The quantitative estimate of drug-likeness (QED) is 0.0352. The summed E-state index contributed by atoms with van der Waals surface area (Å²) in [5.74, 6) is -0.511. The van der Waals surface area contributed by atoms with E-state index in [1.807, 2.05) is 6.08 Å². The smallest absolute Gasteiger partial charge is 0.306 e. The van der Waals surface area contributed by atoms with Gasteiger partial charge < -0.3 is 14.2 Å². The minimum atomic E-state index is -0.575. The summed E-state index contributed by atoms with van der Waals surface area (Å²) in [6, 6.07) is 0. The van der Waals surface area contributed by atoms with Crippen LogP contribution in [0.1, 0.15) is 188 Å². The fourth-order valence-electron chi connectivity index (χ4n) is 5.81. The van der Waals surface area contributed by atoms with Crippen LogP contribution in [0.5, 0.6) is 0 Å². The van der Waals surface area contributed by atoms with Crippen LogP contribution in [0, 0.1) is 0 Å². The summed E-state index contributed by atoms with van der Waals surface area (Å²) in [7, 11) is 0. The lowest BCUT2D eigenvalue weighted by Crippen LogP contribution is -2.30. The molecule has 0 N–H and O–H groups in total. The molecular formula is C51H84O5. The molecule has 0 fully saturated rings. The van der Waals surface area contributed by atoms with Gasteiger partial charge in [0.25, 0.3) is 0 Å². The summed E-state index contributed by atoms with van der Waals surface area (Å²) in [6.45, 7) is 7.44. The minimum Gasteiger partial charge on any atom is -0.462 e. The summed E-state index contributed by atoms with van der Waals surface area (Å²) >= 11 is 0. The number of carbonyl (C=O) groups excluding carboxylic acids is 2. The monoisotopic (exact) mass is 777 g/mol. The fraction of sp³-hybridized carbons (Fsp3) is 0.647. The molecule has 0 aliphatic carbocycles. The van der Waals surface area contributed by atoms with Gasteiger partial charge in [0, 0.05) is 19.4 Å². The van der Waals surface area contributed by atoms with Gasteiger partial charge in [0.15, 0.2) is 6.10 Å². The van der Waals surface area contributed by atoms with Gasteiger partial charge >= 0.3 is 11.9 Å². The van der Waals surface area contributed by atoms with Crippen LogP contribution in [-0.4, -0.2) is 37.9 Å². The average Bonchev–Trinajstić information content (AvgIpc) is 3.20. The zero-order valence-corrected chi connectivity index (χ0v) is 36.4. The second kappa shape index (κ2) is 46.2. The van der Waals surface area contributed by atoms with Gasteiger partial charge in [-0.3, -0.25) is 9.59 Å².